The van der Waals surface area contributed by atoms with Gasteiger partial charge in [-0.15, -0.1) is 0 Å². The van der Waals surface area contributed by atoms with Crippen LogP contribution in [0.2, 0.25) is 0 Å². The number of aryl methyl sites for hydroxylation is 3. The molecule has 3 aromatic carbocycles. The fourth-order valence-electron chi connectivity index (χ4n) is 4.30. The Morgan fingerprint density at radius 2 is 1.67 bits per heavy atom. The summed E-state index contributed by atoms with van der Waals surface area (Å²) in [7, 11) is 2.05. The van der Waals surface area contributed by atoms with E-state index in [1.807, 2.05) is 30.3 Å². The zero-order valence-corrected chi connectivity index (χ0v) is 17.2. The zero-order chi connectivity index (χ0) is 20.8. The molecule has 144 valence electrons. The lowest BCUT2D eigenvalue weighted by Crippen LogP contribution is -2.31. The molecule has 2 heterocycles. The molecule has 2 aromatic heterocycles. The molecule has 0 unspecified atom stereocenters. The highest BCUT2D eigenvalue weighted by atomic mass is 16.3. The first-order valence-electron chi connectivity index (χ1n) is 9.99. The highest BCUT2D eigenvalue weighted by Gasteiger charge is 2.23. The monoisotopic (exact) mass is 389 g/mol. The first kappa shape index (κ1) is 18.1. The minimum Gasteiger partial charge on any atom is -0.454 e. The maximum absolute atomic E-state index is 9.79. The topological polar surface area (TPSA) is 40.8 Å². The number of aromatic nitrogens is 1. The number of hydrogen-bond acceptors (Lipinski definition) is 2. The predicted octanol–water partition coefficient (Wildman–Crippen LogP) is 6.23. The Balaban J connectivity index is 1.93. The molecule has 0 aliphatic carbocycles. The van der Waals surface area contributed by atoms with Crippen molar-refractivity contribution < 1.29 is 8.98 Å². The van der Waals surface area contributed by atoms with Crippen molar-refractivity contribution in [3.05, 3.63) is 89.6 Å². The van der Waals surface area contributed by atoms with Crippen LogP contribution in [-0.4, -0.2) is 0 Å². The summed E-state index contributed by atoms with van der Waals surface area (Å²) in [6.07, 6.45) is 2.12. The van der Waals surface area contributed by atoms with Crippen LogP contribution >= 0.6 is 0 Å². The van der Waals surface area contributed by atoms with E-state index >= 15 is 0 Å². The van der Waals surface area contributed by atoms with Gasteiger partial charge in [-0.3, -0.25) is 0 Å². The molecule has 0 N–H and O–H groups in total. The molecule has 0 aliphatic rings. The number of fused-ring (bicyclic) bond motifs is 3. The first-order chi connectivity index (χ1) is 14.6. The zero-order valence-electron chi connectivity index (χ0n) is 17.2. The average Bonchev–Trinajstić information content (AvgIpc) is 3.14. The van der Waals surface area contributed by atoms with Crippen LogP contribution in [0.4, 0.5) is 0 Å². The van der Waals surface area contributed by atoms with Crippen molar-refractivity contribution in [1.82, 2.24) is 0 Å². The maximum atomic E-state index is 9.79. The maximum Gasteiger partial charge on any atom is 0.216 e. The minimum atomic E-state index is 0.631. The van der Waals surface area contributed by atoms with Gasteiger partial charge in [0.15, 0.2) is 6.20 Å². The number of pyridine rings is 1. The molecular weight excluding hydrogens is 368 g/mol. The van der Waals surface area contributed by atoms with Crippen LogP contribution in [0.5, 0.6) is 0 Å². The van der Waals surface area contributed by atoms with Crippen molar-refractivity contribution in [2.24, 2.45) is 7.05 Å². The summed E-state index contributed by atoms with van der Waals surface area (Å²) in [6.45, 7) is 4.19. The molecule has 0 fully saturated rings. The van der Waals surface area contributed by atoms with E-state index in [4.69, 9.17) is 4.42 Å². The highest BCUT2D eigenvalue weighted by Crippen LogP contribution is 2.41. The summed E-state index contributed by atoms with van der Waals surface area (Å²) in [6, 6.07) is 24.8. The van der Waals surface area contributed by atoms with Gasteiger partial charge in [0.1, 0.15) is 18.2 Å². The second kappa shape index (κ2) is 6.86. The number of nitrogens with zero attached hydrogens (tertiary/aromatic N) is 2. The van der Waals surface area contributed by atoms with Crippen molar-refractivity contribution in [3.63, 3.8) is 0 Å². The Bertz CT molecular complexity index is 1470. The number of benzene rings is 3. The summed E-state index contributed by atoms with van der Waals surface area (Å²) < 4.78 is 8.70. The molecule has 3 heteroatoms. The van der Waals surface area contributed by atoms with Crippen molar-refractivity contribution in [3.8, 4) is 28.5 Å². The molecule has 0 amide bonds. The molecule has 0 aliphatic heterocycles. The Morgan fingerprint density at radius 1 is 0.867 bits per heavy atom. The summed E-state index contributed by atoms with van der Waals surface area (Å²) in [5.41, 5.74) is 8.78. The second-order valence-corrected chi connectivity index (χ2v) is 7.78. The number of hydrogen-bond donors (Lipinski definition) is 0. The van der Waals surface area contributed by atoms with Gasteiger partial charge in [0.05, 0.1) is 17.2 Å². The molecule has 5 rings (SSSR count). The molecule has 3 nitrogen and oxygen atoms in total. The van der Waals surface area contributed by atoms with Gasteiger partial charge in [0, 0.05) is 28.0 Å². The Labute approximate surface area is 175 Å². The third-order valence-electron chi connectivity index (χ3n) is 5.74. The van der Waals surface area contributed by atoms with Crippen LogP contribution in [0.1, 0.15) is 16.7 Å². The van der Waals surface area contributed by atoms with E-state index in [2.05, 4.69) is 74.1 Å². The van der Waals surface area contributed by atoms with Crippen LogP contribution in [0.15, 0.2) is 77.3 Å². The second-order valence-electron chi connectivity index (χ2n) is 7.78. The van der Waals surface area contributed by atoms with Gasteiger partial charge in [-0.2, -0.15) is 5.26 Å². The van der Waals surface area contributed by atoms with Crippen molar-refractivity contribution in [2.45, 2.75) is 13.8 Å². The third kappa shape index (κ3) is 2.69. The van der Waals surface area contributed by atoms with Crippen molar-refractivity contribution >= 4 is 21.9 Å². The molecule has 0 saturated heterocycles. The molecule has 0 spiro atoms. The third-order valence-corrected chi connectivity index (χ3v) is 5.74. The number of furan rings is 1. The van der Waals surface area contributed by atoms with Crippen molar-refractivity contribution in [2.75, 3.05) is 0 Å². The lowest BCUT2D eigenvalue weighted by atomic mass is 9.96. The number of nitriles is 1. The van der Waals surface area contributed by atoms with Gasteiger partial charge in [-0.05, 0) is 43.2 Å². The molecule has 0 saturated carbocycles. The van der Waals surface area contributed by atoms with Gasteiger partial charge in [0.25, 0.3) is 0 Å². The minimum absolute atomic E-state index is 0.631. The quantitative estimate of drug-likeness (QED) is 0.336. The Morgan fingerprint density at radius 3 is 2.40 bits per heavy atom. The van der Waals surface area contributed by atoms with E-state index in [1.165, 1.54) is 5.56 Å². The largest absolute Gasteiger partial charge is 0.454 e. The van der Waals surface area contributed by atoms with Crippen LogP contribution < -0.4 is 4.57 Å². The van der Waals surface area contributed by atoms with Gasteiger partial charge >= 0.3 is 0 Å². The molecule has 5 aromatic rings. The fourth-order valence-corrected chi connectivity index (χ4v) is 4.30. The normalized spacial score (nSPS) is 11.1. The lowest BCUT2D eigenvalue weighted by molar-refractivity contribution is -0.660. The van der Waals surface area contributed by atoms with Gasteiger partial charge < -0.3 is 4.42 Å². The average molecular weight is 389 g/mol. The molecule has 0 atom stereocenters. The van der Waals surface area contributed by atoms with E-state index in [0.717, 1.165) is 49.9 Å². The predicted molar refractivity (Wildman–Crippen MR) is 120 cm³/mol. The summed E-state index contributed by atoms with van der Waals surface area (Å²) >= 11 is 0. The standard InChI is InChI=1S/C27H21N2O/c1-17-9-14-23(29(3)16-17)24-18(2)10-12-22-25-20(15-28)11-13-21(26(25)30-27(22)24)19-7-5-4-6-8-19/h4-14,16H,1-3H3/q+1. The van der Waals surface area contributed by atoms with Crippen LogP contribution in [0.3, 0.4) is 0 Å². The van der Waals surface area contributed by atoms with E-state index < -0.39 is 0 Å². The smallest absolute Gasteiger partial charge is 0.216 e. The molecule has 30 heavy (non-hydrogen) atoms. The molecule has 0 bridgehead atoms. The lowest BCUT2D eigenvalue weighted by Gasteiger charge is -2.06. The number of rotatable bonds is 2. The van der Waals surface area contributed by atoms with E-state index in [0.29, 0.717) is 5.56 Å². The Kier molecular flexibility index (Phi) is 4.15. The summed E-state index contributed by atoms with van der Waals surface area (Å²) in [4.78, 5) is 0. The first-order valence-corrected chi connectivity index (χ1v) is 9.99. The van der Waals surface area contributed by atoms with Crippen LogP contribution in [0.25, 0.3) is 44.3 Å². The SMILES string of the molecule is Cc1ccc(-c2c(C)ccc3c2oc2c(-c4ccccc4)ccc(C#N)c23)[n+](C)c1. The van der Waals surface area contributed by atoms with E-state index in [-0.39, 0.29) is 0 Å². The van der Waals surface area contributed by atoms with Crippen LogP contribution in [-0.2, 0) is 7.05 Å². The van der Waals surface area contributed by atoms with E-state index in [1.54, 1.807) is 0 Å². The van der Waals surface area contributed by atoms with Gasteiger partial charge in [-0.25, -0.2) is 4.57 Å². The molecular formula is C27H21N2O+. The van der Waals surface area contributed by atoms with E-state index in [9.17, 15) is 5.26 Å². The van der Waals surface area contributed by atoms with Gasteiger partial charge in [0.2, 0.25) is 5.69 Å². The summed E-state index contributed by atoms with van der Waals surface area (Å²) in [5.74, 6) is 0. The van der Waals surface area contributed by atoms with Gasteiger partial charge in [-0.1, -0.05) is 42.5 Å². The van der Waals surface area contributed by atoms with Crippen molar-refractivity contribution in [1.29, 1.82) is 5.26 Å². The van der Waals surface area contributed by atoms with Crippen LogP contribution in [0, 0.1) is 25.2 Å². The summed E-state index contributed by atoms with van der Waals surface area (Å²) in [5, 5.41) is 11.6. The highest BCUT2D eigenvalue weighted by molar-refractivity contribution is 6.15. The fraction of sp³-hybridized carbons (Fsp3) is 0.111. The molecule has 0 radical (unpaired) electrons. The Hall–Kier alpha value is -3.90.